The highest BCUT2D eigenvalue weighted by Gasteiger charge is 2.32. The van der Waals surface area contributed by atoms with Crippen LogP contribution in [0.25, 0.3) is 5.57 Å². The SMILES string of the molecule is COc1cc(NC(=O)NC(c2ccc(C(=O)NCC(O)C(=O)O)cc2)c2ccc(C3=CCCCC3)cc2)cc(C(F)(F)F)c1. The maximum absolute atomic E-state index is 13.4. The summed E-state index contributed by atoms with van der Waals surface area (Å²) in [4.78, 5) is 36.4. The van der Waals surface area contributed by atoms with Crippen molar-refractivity contribution in [2.45, 2.75) is 44.0 Å². The number of aliphatic hydroxyl groups excluding tert-OH is 1. The normalized spacial score (nSPS) is 14.5. The number of carbonyl (C=O) groups excluding carboxylic acids is 2. The topological polar surface area (TPSA) is 137 Å². The molecule has 0 spiro atoms. The zero-order valence-electron chi connectivity index (χ0n) is 23.8. The number of carboxylic acid groups (broad SMARTS) is 1. The van der Waals surface area contributed by atoms with Crippen molar-refractivity contribution >= 4 is 29.2 Å². The Morgan fingerprint density at radius 3 is 2.18 bits per heavy atom. The highest BCUT2D eigenvalue weighted by molar-refractivity contribution is 5.94. The van der Waals surface area contributed by atoms with Gasteiger partial charge in [0.15, 0.2) is 6.10 Å². The number of ether oxygens (including phenoxy) is 1. The van der Waals surface area contributed by atoms with Crippen LogP contribution in [-0.2, 0) is 11.0 Å². The number of aliphatic hydroxyl groups is 1. The molecule has 0 bridgehead atoms. The van der Waals surface area contributed by atoms with E-state index in [1.807, 2.05) is 24.3 Å². The number of carbonyl (C=O) groups is 3. The van der Waals surface area contributed by atoms with Crippen LogP contribution in [0.1, 0.15) is 64.3 Å². The lowest BCUT2D eigenvalue weighted by Crippen LogP contribution is -2.36. The Morgan fingerprint density at radius 1 is 0.955 bits per heavy atom. The fourth-order valence-electron chi connectivity index (χ4n) is 4.81. The molecule has 0 saturated heterocycles. The van der Waals surface area contributed by atoms with E-state index in [0.717, 1.165) is 43.4 Å². The summed E-state index contributed by atoms with van der Waals surface area (Å²) in [7, 11) is 1.22. The van der Waals surface area contributed by atoms with Crippen molar-refractivity contribution < 1.29 is 42.5 Å². The molecule has 1 aliphatic rings. The number of amides is 3. The summed E-state index contributed by atoms with van der Waals surface area (Å²) in [5.41, 5.74) is 2.63. The minimum atomic E-state index is -4.65. The number of hydrogen-bond acceptors (Lipinski definition) is 5. The van der Waals surface area contributed by atoms with E-state index in [2.05, 4.69) is 22.0 Å². The average molecular weight is 612 g/mol. The first-order chi connectivity index (χ1) is 20.9. The quantitative estimate of drug-likeness (QED) is 0.198. The molecule has 2 atom stereocenters. The fraction of sp³-hybridized carbons (Fsp3) is 0.281. The van der Waals surface area contributed by atoms with Gasteiger partial charge in [-0.2, -0.15) is 13.2 Å². The van der Waals surface area contributed by atoms with Gasteiger partial charge >= 0.3 is 18.2 Å². The smallest absolute Gasteiger partial charge is 0.416 e. The third kappa shape index (κ3) is 8.38. The zero-order valence-corrected chi connectivity index (χ0v) is 23.8. The molecule has 0 aliphatic heterocycles. The minimum absolute atomic E-state index is 0.0796. The molecule has 12 heteroatoms. The molecule has 0 heterocycles. The van der Waals surface area contributed by atoms with Crippen LogP contribution in [0.4, 0.5) is 23.7 Å². The summed E-state index contributed by atoms with van der Waals surface area (Å²) in [5.74, 6) is -2.16. The van der Waals surface area contributed by atoms with Gasteiger partial charge in [-0.15, -0.1) is 0 Å². The first kappa shape index (κ1) is 32.1. The van der Waals surface area contributed by atoms with Crippen LogP contribution >= 0.6 is 0 Å². The number of rotatable bonds is 10. The van der Waals surface area contributed by atoms with Crippen molar-refractivity contribution in [3.8, 4) is 5.75 Å². The molecule has 3 aromatic rings. The first-order valence-electron chi connectivity index (χ1n) is 13.9. The molecule has 3 aromatic carbocycles. The van der Waals surface area contributed by atoms with E-state index >= 15 is 0 Å². The number of nitrogens with one attached hydrogen (secondary N) is 3. The van der Waals surface area contributed by atoms with Crippen molar-refractivity contribution in [2.75, 3.05) is 19.0 Å². The lowest BCUT2D eigenvalue weighted by molar-refractivity contribution is -0.146. The van der Waals surface area contributed by atoms with Crippen molar-refractivity contribution in [3.63, 3.8) is 0 Å². The van der Waals surface area contributed by atoms with Gasteiger partial charge in [-0.25, -0.2) is 9.59 Å². The molecule has 0 fully saturated rings. The molecule has 3 amide bonds. The standard InChI is InChI=1S/C32H32F3N3O6/c1-44-26-16-24(32(33,34)35)15-25(17-26)37-31(43)38-28(21-9-7-20(8-10-21)19-5-3-2-4-6-19)22-11-13-23(14-12-22)29(40)36-18-27(39)30(41)42/h5,7-17,27-28,39H,2-4,6,18H2,1H3,(H,36,40)(H,41,42)(H2,37,38,43). The number of hydrogen-bond donors (Lipinski definition) is 5. The van der Waals surface area contributed by atoms with Gasteiger partial charge in [0.2, 0.25) is 0 Å². The lowest BCUT2D eigenvalue weighted by Gasteiger charge is -2.22. The third-order valence-electron chi connectivity index (χ3n) is 7.16. The second-order valence-electron chi connectivity index (χ2n) is 10.3. The monoisotopic (exact) mass is 611 g/mol. The van der Waals surface area contributed by atoms with E-state index in [4.69, 9.17) is 9.84 Å². The van der Waals surface area contributed by atoms with Gasteiger partial charge in [0, 0.05) is 17.3 Å². The van der Waals surface area contributed by atoms with E-state index < -0.39 is 48.3 Å². The van der Waals surface area contributed by atoms with E-state index in [0.29, 0.717) is 11.1 Å². The fourth-order valence-corrected chi connectivity index (χ4v) is 4.81. The maximum atomic E-state index is 13.4. The number of aliphatic carboxylic acids is 1. The van der Waals surface area contributed by atoms with Crippen LogP contribution in [0.2, 0.25) is 0 Å². The van der Waals surface area contributed by atoms with Crippen molar-refractivity contribution in [2.24, 2.45) is 0 Å². The molecule has 0 saturated carbocycles. The van der Waals surface area contributed by atoms with Gasteiger partial charge < -0.3 is 30.9 Å². The molecule has 44 heavy (non-hydrogen) atoms. The minimum Gasteiger partial charge on any atom is -0.497 e. The number of urea groups is 1. The highest BCUT2D eigenvalue weighted by atomic mass is 19.4. The largest absolute Gasteiger partial charge is 0.497 e. The Hall–Kier alpha value is -4.84. The van der Waals surface area contributed by atoms with Crippen molar-refractivity contribution in [1.82, 2.24) is 10.6 Å². The summed E-state index contributed by atoms with van der Waals surface area (Å²) >= 11 is 0. The lowest BCUT2D eigenvalue weighted by atomic mass is 9.91. The van der Waals surface area contributed by atoms with E-state index in [9.17, 15) is 32.7 Å². The van der Waals surface area contributed by atoms with Crippen LogP contribution in [0.3, 0.4) is 0 Å². The van der Waals surface area contributed by atoms with Gasteiger partial charge in [0.1, 0.15) is 5.75 Å². The van der Waals surface area contributed by atoms with E-state index in [1.165, 1.54) is 30.9 Å². The number of carboxylic acids is 1. The molecule has 0 radical (unpaired) electrons. The molecular formula is C32H32F3N3O6. The predicted octanol–water partition coefficient (Wildman–Crippen LogP) is 5.76. The summed E-state index contributed by atoms with van der Waals surface area (Å²) < 4.78 is 45.2. The predicted molar refractivity (Wildman–Crippen MR) is 157 cm³/mol. The van der Waals surface area contributed by atoms with Gasteiger partial charge in [0.05, 0.1) is 25.3 Å². The van der Waals surface area contributed by atoms with E-state index in [-0.39, 0.29) is 17.0 Å². The second-order valence-corrected chi connectivity index (χ2v) is 10.3. The molecule has 1 aliphatic carbocycles. The third-order valence-corrected chi connectivity index (χ3v) is 7.16. The molecule has 9 nitrogen and oxygen atoms in total. The number of methoxy groups -OCH3 is 1. The summed E-state index contributed by atoms with van der Waals surface area (Å²) in [6, 6.07) is 15.1. The van der Waals surface area contributed by atoms with Crippen molar-refractivity contribution in [3.05, 3.63) is 101 Å². The molecule has 0 aromatic heterocycles. The number of halogens is 3. The molecule has 232 valence electrons. The zero-order chi connectivity index (χ0) is 31.9. The highest BCUT2D eigenvalue weighted by Crippen LogP contribution is 2.34. The van der Waals surface area contributed by atoms with Gasteiger partial charge in [-0.3, -0.25) is 4.79 Å². The number of alkyl halides is 3. The second kappa shape index (κ2) is 14.1. The number of benzene rings is 3. The molecule has 2 unspecified atom stereocenters. The van der Waals surface area contributed by atoms with E-state index in [1.54, 1.807) is 12.1 Å². The van der Waals surface area contributed by atoms with Crippen molar-refractivity contribution in [1.29, 1.82) is 0 Å². The summed E-state index contributed by atoms with van der Waals surface area (Å²) in [5, 5.41) is 25.8. The maximum Gasteiger partial charge on any atom is 0.416 e. The van der Waals surface area contributed by atoms with Crippen LogP contribution in [0.15, 0.2) is 72.8 Å². The molecule has 5 N–H and O–H groups in total. The molecular weight excluding hydrogens is 579 g/mol. The molecule has 4 rings (SSSR count). The van der Waals surface area contributed by atoms with Crippen LogP contribution in [0.5, 0.6) is 5.75 Å². The summed E-state index contributed by atoms with van der Waals surface area (Å²) in [6.45, 7) is -0.483. The Morgan fingerprint density at radius 2 is 1.61 bits per heavy atom. The Bertz CT molecular complexity index is 1520. The van der Waals surface area contributed by atoms with Crippen LogP contribution in [0, 0.1) is 0 Å². The Balaban J connectivity index is 1.59. The Kier molecular flexibility index (Phi) is 10.3. The first-order valence-corrected chi connectivity index (χ1v) is 13.9. The number of anilines is 1. The van der Waals surface area contributed by atoms with Gasteiger partial charge in [-0.05, 0) is 72.2 Å². The van der Waals surface area contributed by atoms with Gasteiger partial charge in [0.25, 0.3) is 5.91 Å². The Labute approximate surface area is 251 Å². The van der Waals surface area contributed by atoms with Crippen LogP contribution in [-0.4, -0.2) is 47.9 Å². The number of allylic oxidation sites excluding steroid dienone is 2. The van der Waals surface area contributed by atoms with Crippen LogP contribution < -0.4 is 20.7 Å². The van der Waals surface area contributed by atoms with Gasteiger partial charge in [-0.1, -0.05) is 42.5 Å². The summed E-state index contributed by atoms with van der Waals surface area (Å²) in [6.07, 6.45) is 0.0360. The average Bonchev–Trinajstić information content (AvgIpc) is 3.02.